The number of fused-ring (bicyclic) bond motifs is 2. The zero-order valence-corrected chi connectivity index (χ0v) is 16.7. The number of halogens is 2. The van der Waals surface area contributed by atoms with Crippen molar-refractivity contribution in [3.63, 3.8) is 0 Å². The highest BCUT2D eigenvalue weighted by Crippen LogP contribution is 2.40. The van der Waals surface area contributed by atoms with E-state index in [1.807, 2.05) is 4.90 Å². The van der Waals surface area contributed by atoms with Crippen LogP contribution in [-0.2, 0) is 0 Å². The number of pyridine rings is 1. The smallest absolute Gasteiger partial charge is 0.256 e. The summed E-state index contributed by atoms with van der Waals surface area (Å²) in [5, 5.41) is 8.14. The molecule has 2 saturated heterocycles. The van der Waals surface area contributed by atoms with Crippen LogP contribution in [0.4, 0.5) is 8.78 Å². The summed E-state index contributed by atoms with van der Waals surface area (Å²) in [5.41, 5.74) is 0.694. The molecule has 2 aliphatic rings. The summed E-state index contributed by atoms with van der Waals surface area (Å²) in [5.74, 6) is -0.513. The van der Waals surface area contributed by atoms with E-state index in [0.29, 0.717) is 23.7 Å². The Hall–Kier alpha value is -3.36. The van der Waals surface area contributed by atoms with Crippen LogP contribution in [-0.4, -0.2) is 49.5 Å². The van der Waals surface area contributed by atoms with Gasteiger partial charge in [0.2, 0.25) is 5.88 Å². The summed E-state index contributed by atoms with van der Waals surface area (Å²) < 4.78 is 32.8. The molecule has 31 heavy (non-hydrogen) atoms. The number of piperidine rings is 1. The molecule has 3 atom stereocenters. The maximum Gasteiger partial charge on any atom is 0.256 e. The number of aromatic nitrogens is 4. The number of ether oxygens (including phenoxy) is 1. The molecule has 0 radical (unpaired) electrons. The third-order valence-electron chi connectivity index (χ3n) is 6.17. The summed E-state index contributed by atoms with van der Waals surface area (Å²) >= 11 is 0. The third-order valence-corrected chi connectivity index (χ3v) is 6.17. The standard InChI is InChI=1S/C22H21F2N5O2/c23-15-2-6-18(20(11-15)29-26-9-10-27-29)22(30)28-17-4-1-14(19(28)7-5-17)13-31-21-8-3-16(24)12-25-21/h2-3,6,8-12,14,17,19H,1,4-5,7,13H2. The lowest BCUT2D eigenvalue weighted by Gasteiger charge is -2.40. The molecule has 3 unspecified atom stereocenters. The summed E-state index contributed by atoms with van der Waals surface area (Å²) in [7, 11) is 0. The van der Waals surface area contributed by atoms with Gasteiger partial charge in [0.05, 0.1) is 30.8 Å². The van der Waals surface area contributed by atoms with E-state index in [2.05, 4.69) is 15.2 Å². The second-order valence-corrected chi connectivity index (χ2v) is 7.95. The average Bonchev–Trinajstić information content (AvgIpc) is 3.41. The first-order chi connectivity index (χ1) is 15.1. The number of amides is 1. The van der Waals surface area contributed by atoms with Crippen molar-refractivity contribution in [1.82, 2.24) is 24.9 Å². The van der Waals surface area contributed by atoms with Crippen molar-refractivity contribution in [3.05, 3.63) is 66.1 Å². The van der Waals surface area contributed by atoms with Gasteiger partial charge in [0.15, 0.2) is 0 Å². The minimum absolute atomic E-state index is 0.0233. The third kappa shape index (κ3) is 3.75. The number of benzene rings is 1. The average molecular weight is 425 g/mol. The van der Waals surface area contributed by atoms with Gasteiger partial charge in [-0.05, 0) is 43.9 Å². The number of hydrogen-bond acceptors (Lipinski definition) is 5. The molecule has 3 aromatic rings. The monoisotopic (exact) mass is 425 g/mol. The van der Waals surface area contributed by atoms with Gasteiger partial charge in [0, 0.05) is 30.1 Å². The molecule has 0 saturated carbocycles. The molecule has 9 heteroatoms. The van der Waals surface area contributed by atoms with Crippen molar-refractivity contribution in [2.24, 2.45) is 5.92 Å². The SMILES string of the molecule is O=C(c1ccc(F)cc1-n1nccn1)N1C2CCC(COc3ccc(F)cn3)C1CC2. The number of carbonyl (C=O) groups is 1. The van der Waals surface area contributed by atoms with Crippen molar-refractivity contribution < 1.29 is 18.3 Å². The lowest BCUT2D eigenvalue weighted by molar-refractivity contribution is 0.0403. The van der Waals surface area contributed by atoms with E-state index >= 15 is 0 Å². The summed E-state index contributed by atoms with van der Waals surface area (Å²) in [6, 6.07) is 7.05. The molecule has 2 aromatic heterocycles. The van der Waals surface area contributed by atoms with E-state index in [0.717, 1.165) is 31.9 Å². The molecule has 160 valence electrons. The molecule has 1 aromatic carbocycles. The lowest BCUT2D eigenvalue weighted by atomic mass is 9.90. The summed E-state index contributed by atoms with van der Waals surface area (Å²) in [6.07, 6.45) is 7.73. The Morgan fingerprint density at radius 2 is 1.81 bits per heavy atom. The van der Waals surface area contributed by atoms with Crippen LogP contribution in [0.3, 0.4) is 0 Å². The van der Waals surface area contributed by atoms with E-state index < -0.39 is 11.6 Å². The first-order valence-corrected chi connectivity index (χ1v) is 10.3. The Morgan fingerprint density at radius 1 is 1.03 bits per heavy atom. The van der Waals surface area contributed by atoms with Crippen LogP contribution in [0.2, 0.25) is 0 Å². The highest BCUT2D eigenvalue weighted by atomic mass is 19.1. The van der Waals surface area contributed by atoms with Crippen LogP contribution >= 0.6 is 0 Å². The fourth-order valence-corrected chi connectivity index (χ4v) is 4.74. The molecule has 0 aliphatic carbocycles. The minimum Gasteiger partial charge on any atom is -0.477 e. The van der Waals surface area contributed by atoms with Gasteiger partial charge in [-0.25, -0.2) is 13.8 Å². The van der Waals surface area contributed by atoms with Gasteiger partial charge >= 0.3 is 0 Å². The molecular weight excluding hydrogens is 404 g/mol. The molecule has 0 N–H and O–H groups in total. The van der Waals surface area contributed by atoms with Crippen molar-refractivity contribution in [2.75, 3.05) is 6.61 Å². The Balaban J connectivity index is 1.38. The fraction of sp³-hybridized carbons (Fsp3) is 0.364. The Bertz CT molecular complexity index is 1070. The number of nitrogens with zero attached hydrogens (tertiary/aromatic N) is 5. The Morgan fingerprint density at radius 3 is 2.58 bits per heavy atom. The van der Waals surface area contributed by atoms with E-state index in [1.54, 1.807) is 0 Å². The molecule has 2 aliphatic heterocycles. The van der Waals surface area contributed by atoms with Crippen LogP contribution in [0.1, 0.15) is 36.0 Å². The Kier molecular flexibility index (Phi) is 5.09. The molecule has 4 heterocycles. The lowest BCUT2D eigenvalue weighted by Crippen LogP contribution is -2.49. The first-order valence-electron chi connectivity index (χ1n) is 10.3. The van der Waals surface area contributed by atoms with Crippen LogP contribution in [0, 0.1) is 17.6 Å². The van der Waals surface area contributed by atoms with Crippen molar-refractivity contribution >= 4 is 5.91 Å². The second kappa shape index (κ2) is 8.05. The highest BCUT2D eigenvalue weighted by molar-refractivity contribution is 5.98. The topological polar surface area (TPSA) is 73.1 Å². The highest BCUT2D eigenvalue weighted by Gasteiger charge is 2.45. The van der Waals surface area contributed by atoms with Gasteiger partial charge in [0.1, 0.15) is 17.3 Å². The zero-order valence-electron chi connectivity index (χ0n) is 16.7. The van der Waals surface area contributed by atoms with Gasteiger partial charge in [-0.3, -0.25) is 4.79 Å². The normalized spacial score (nSPS) is 22.5. The summed E-state index contributed by atoms with van der Waals surface area (Å²) in [4.78, 5) is 20.7. The zero-order chi connectivity index (χ0) is 21.4. The van der Waals surface area contributed by atoms with Gasteiger partial charge in [-0.2, -0.15) is 15.0 Å². The molecule has 2 bridgehead atoms. The maximum atomic E-state index is 13.9. The summed E-state index contributed by atoms with van der Waals surface area (Å²) in [6.45, 7) is 0.400. The Labute approximate surface area is 177 Å². The predicted octanol–water partition coefficient (Wildman–Crippen LogP) is 3.40. The minimum atomic E-state index is -0.455. The van der Waals surface area contributed by atoms with E-state index in [1.165, 1.54) is 47.5 Å². The molecule has 7 nitrogen and oxygen atoms in total. The maximum absolute atomic E-state index is 13.9. The van der Waals surface area contributed by atoms with Gasteiger partial charge in [0.25, 0.3) is 5.91 Å². The van der Waals surface area contributed by atoms with Gasteiger partial charge in [-0.1, -0.05) is 0 Å². The fourth-order valence-electron chi connectivity index (χ4n) is 4.74. The molecule has 5 rings (SSSR count). The van der Waals surface area contributed by atoms with Crippen LogP contribution in [0.25, 0.3) is 5.69 Å². The number of hydrogen-bond donors (Lipinski definition) is 0. The van der Waals surface area contributed by atoms with Crippen molar-refractivity contribution in [2.45, 2.75) is 37.8 Å². The van der Waals surface area contributed by atoms with Crippen LogP contribution in [0.15, 0.2) is 48.9 Å². The number of rotatable bonds is 5. The van der Waals surface area contributed by atoms with Gasteiger partial charge < -0.3 is 9.64 Å². The van der Waals surface area contributed by atoms with Crippen molar-refractivity contribution in [3.8, 4) is 11.6 Å². The predicted molar refractivity (Wildman–Crippen MR) is 107 cm³/mol. The quantitative estimate of drug-likeness (QED) is 0.627. The number of carbonyl (C=O) groups excluding carboxylic acids is 1. The van der Waals surface area contributed by atoms with E-state index in [9.17, 15) is 13.6 Å². The molecule has 1 amide bonds. The van der Waals surface area contributed by atoms with E-state index in [4.69, 9.17) is 4.74 Å². The largest absolute Gasteiger partial charge is 0.477 e. The molecular formula is C22H21F2N5O2. The van der Waals surface area contributed by atoms with Crippen LogP contribution in [0.5, 0.6) is 5.88 Å². The van der Waals surface area contributed by atoms with E-state index in [-0.39, 0.29) is 23.9 Å². The van der Waals surface area contributed by atoms with Crippen LogP contribution < -0.4 is 4.74 Å². The molecule has 0 spiro atoms. The van der Waals surface area contributed by atoms with Gasteiger partial charge in [-0.15, -0.1) is 0 Å². The first kappa shape index (κ1) is 19.6. The molecule has 2 fully saturated rings. The second-order valence-electron chi connectivity index (χ2n) is 7.95. The van der Waals surface area contributed by atoms with Crippen molar-refractivity contribution in [1.29, 1.82) is 0 Å².